The van der Waals surface area contributed by atoms with Gasteiger partial charge in [-0.3, -0.25) is 13.9 Å². The molecule has 0 aliphatic carbocycles. The van der Waals surface area contributed by atoms with E-state index in [0.717, 1.165) is 0 Å². The van der Waals surface area contributed by atoms with E-state index < -0.39 is 26.8 Å². The van der Waals surface area contributed by atoms with Crippen LogP contribution in [0.15, 0.2) is 24.3 Å². The Morgan fingerprint density at radius 2 is 1.67 bits per heavy atom. The maximum atomic E-state index is 11.7. The third kappa shape index (κ3) is 4.72. The highest BCUT2D eigenvalue weighted by Crippen LogP contribution is 2.53. The van der Waals surface area contributed by atoms with Gasteiger partial charge in [0.2, 0.25) is 7.37 Å². The van der Waals surface area contributed by atoms with Crippen molar-refractivity contribution in [1.82, 2.24) is 0 Å². The van der Waals surface area contributed by atoms with Crippen molar-refractivity contribution < 1.29 is 33.3 Å². The van der Waals surface area contributed by atoms with Gasteiger partial charge in [0.15, 0.2) is 0 Å². The molecular weight excluding hydrogens is 282 g/mol. The standard InChI is InChI=1S/C9H12O7P2/c1-7(10)16-8-2-4-9(5-3-8)17(11,12)6-18(13,14)15/h2-5H,6H2,1H3,(H,11,12)(H2,13,14,15). The molecule has 18 heavy (non-hydrogen) atoms. The van der Waals surface area contributed by atoms with Crippen molar-refractivity contribution in [1.29, 1.82) is 0 Å². The summed E-state index contributed by atoms with van der Waals surface area (Å²) in [7, 11) is -8.71. The number of carbonyl (C=O) groups excluding carboxylic acids is 1. The van der Waals surface area contributed by atoms with Gasteiger partial charge in [-0.25, -0.2) is 0 Å². The molecule has 0 fully saturated rings. The van der Waals surface area contributed by atoms with Crippen LogP contribution in [0.4, 0.5) is 0 Å². The van der Waals surface area contributed by atoms with Gasteiger partial charge < -0.3 is 19.4 Å². The maximum Gasteiger partial charge on any atom is 0.335 e. The molecule has 1 unspecified atom stereocenters. The molecule has 1 aromatic carbocycles. The predicted molar refractivity (Wildman–Crippen MR) is 64.1 cm³/mol. The van der Waals surface area contributed by atoms with Gasteiger partial charge in [-0.05, 0) is 24.3 Å². The van der Waals surface area contributed by atoms with Crippen LogP contribution in [0.2, 0.25) is 0 Å². The summed E-state index contributed by atoms with van der Waals surface area (Å²) in [6.07, 6.45) is 0. The smallest absolute Gasteiger partial charge is 0.335 e. The van der Waals surface area contributed by atoms with Crippen LogP contribution in [0.3, 0.4) is 0 Å². The van der Waals surface area contributed by atoms with Crippen molar-refractivity contribution in [3.8, 4) is 5.75 Å². The quantitative estimate of drug-likeness (QED) is 0.423. The number of esters is 1. The van der Waals surface area contributed by atoms with Crippen LogP contribution in [-0.2, 0) is 13.9 Å². The highest BCUT2D eigenvalue weighted by molar-refractivity contribution is 7.77. The van der Waals surface area contributed by atoms with Crippen molar-refractivity contribution in [3.05, 3.63) is 24.3 Å². The Morgan fingerprint density at radius 1 is 1.17 bits per heavy atom. The summed E-state index contributed by atoms with van der Waals surface area (Å²) >= 11 is 0. The molecule has 1 rings (SSSR count). The molecule has 0 aliphatic rings. The summed E-state index contributed by atoms with van der Waals surface area (Å²) in [5.74, 6) is -1.47. The minimum absolute atomic E-state index is 0.110. The van der Waals surface area contributed by atoms with Crippen LogP contribution in [0.5, 0.6) is 5.75 Å². The van der Waals surface area contributed by atoms with Gasteiger partial charge in [0.25, 0.3) is 0 Å². The second-order valence-corrected chi connectivity index (χ2v) is 7.98. The van der Waals surface area contributed by atoms with Gasteiger partial charge in [0.1, 0.15) is 11.7 Å². The summed E-state index contributed by atoms with van der Waals surface area (Å²) in [6.45, 7) is 1.21. The van der Waals surface area contributed by atoms with Gasteiger partial charge in [0, 0.05) is 12.2 Å². The molecule has 1 aromatic rings. The summed E-state index contributed by atoms with van der Waals surface area (Å²) in [6, 6.07) is 4.93. The van der Waals surface area contributed by atoms with E-state index in [0.29, 0.717) is 0 Å². The first-order chi connectivity index (χ1) is 8.10. The Hall–Kier alpha value is -0.970. The molecule has 9 heteroatoms. The van der Waals surface area contributed by atoms with Crippen molar-refractivity contribution in [3.63, 3.8) is 0 Å². The fourth-order valence-electron chi connectivity index (χ4n) is 1.24. The predicted octanol–water partition coefficient (Wildman–Crippen LogP) is 0.643. The van der Waals surface area contributed by atoms with Gasteiger partial charge in [-0.15, -0.1) is 0 Å². The average molecular weight is 294 g/mol. The van der Waals surface area contributed by atoms with Gasteiger partial charge >= 0.3 is 13.6 Å². The van der Waals surface area contributed by atoms with E-state index >= 15 is 0 Å². The average Bonchev–Trinajstić information content (AvgIpc) is 2.13. The van der Waals surface area contributed by atoms with E-state index in [4.69, 9.17) is 14.5 Å². The van der Waals surface area contributed by atoms with E-state index in [1.54, 1.807) is 0 Å². The molecular formula is C9H12O7P2. The second-order valence-electron chi connectivity index (χ2n) is 3.60. The maximum absolute atomic E-state index is 11.7. The second kappa shape index (κ2) is 5.34. The molecule has 0 saturated heterocycles. The zero-order chi connectivity index (χ0) is 14.0. The van der Waals surface area contributed by atoms with Crippen molar-refractivity contribution in [2.75, 3.05) is 5.90 Å². The Kier molecular flexibility index (Phi) is 4.48. The zero-order valence-corrected chi connectivity index (χ0v) is 11.2. The largest absolute Gasteiger partial charge is 0.427 e. The van der Waals surface area contributed by atoms with E-state index in [2.05, 4.69) is 0 Å². The molecule has 0 heterocycles. The number of benzene rings is 1. The van der Waals surface area contributed by atoms with Crippen LogP contribution in [-0.4, -0.2) is 26.6 Å². The Bertz CT molecular complexity index is 530. The fraction of sp³-hybridized carbons (Fsp3) is 0.222. The lowest BCUT2D eigenvalue weighted by molar-refractivity contribution is -0.131. The Morgan fingerprint density at radius 3 is 2.06 bits per heavy atom. The molecule has 0 bridgehead atoms. The first-order valence-electron chi connectivity index (χ1n) is 4.75. The lowest BCUT2D eigenvalue weighted by atomic mass is 10.3. The molecule has 0 radical (unpaired) electrons. The Labute approximate surface area is 103 Å². The normalized spacial score (nSPS) is 14.9. The molecule has 7 nitrogen and oxygen atoms in total. The first kappa shape index (κ1) is 15.1. The molecule has 0 aliphatic heterocycles. The lowest BCUT2D eigenvalue weighted by Gasteiger charge is -2.13. The highest BCUT2D eigenvalue weighted by atomic mass is 31.2. The van der Waals surface area contributed by atoms with Crippen molar-refractivity contribution in [2.45, 2.75) is 6.92 Å². The van der Waals surface area contributed by atoms with Gasteiger partial charge in [0.05, 0.1) is 0 Å². The summed E-state index contributed by atoms with van der Waals surface area (Å²) in [5, 5.41) is -0.110. The molecule has 0 amide bonds. The van der Waals surface area contributed by atoms with Crippen LogP contribution in [0.1, 0.15) is 6.92 Å². The lowest BCUT2D eigenvalue weighted by Crippen LogP contribution is -2.08. The van der Waals surface area contributed by atoms with Gasteiger partial charge in [-0.2, -0.15) is 0 Å². The monoisotopic (exact) mass is 294 g/mol. The molecule has 1 atom stereocenters. The molecule has 0 aromatic heterocycles. The molecule has 0 spiro atoms. The van der Waals surface area contributed by atoms with Crippen LogP contribution < -0.4 is 10.0 Å². The van der Waals surface area contributed by atoms with E-state index in [1.165, 1.54) is 31.2 Å². The number of carbonyl (C=O) groups is 1. The SMILES string of the molecule is CC(=O)Oc1ccc(P(=O)(O)CP(=O)(O)O)cc1. The van der Waals surface area contributed by atoms with Crippen LogP contribution in [0.25, 0.3) is 0 Å². The summed E-state index contributed by atoms with van der Waals surface area (Å²) < 4.78 is 27.2. The van der Waals surface area contributed by atoms with E-state index in [-0.39, 0.29) is 11.1 Å². The first-order valence-corrected chi connectivity index (χ1v) is 8.40. The Balaban J connectivity index is 2.94. The topological polar surface area (TPSA) is 121 Å². The third-order valence-electron chi connectivity index (χ3n) is 1.88. The highest BCUT2D eigenvalue weighted by Gasteiger charge is 2.31. The number of rotatable bonds is 4. The van der Waals surface area contributed by atoms with E-state index in [9.17, 15) is 18.8 Å². The summed E-state index contributed by atoms with van der Waals surface area (Å²) in [5.41, 5.74) is 0. The van der Waals surface area contributed by atoms with Crippen LogP contribution in [0, 0.1) is 0 Å². The number of hydrogen-bond donors (Lipinski definition) is 3. The minimum Gasteiger partial charge on any atom is -0.427 e. The van der Waals surface area contributed by atoms with Crippen molar-refractivity contribution in [2.24, 2.45) is 0 Å². The van der Waals surface area contributed by atoms with E-state index in [1.807, 2.05) is 0 Å². The summed E-state index contributed by atoms with van der Waals surface area (Å²) in [4.78, 5) is 37.6. The van der Waals surface area contributed by atoms with Crippen molar-refractivity contribution >= 4 is 26.2 Å². The molecule has 100 valence electrons. The molecule has 3 N–H and O–H groups in total. The number of ether oxygens (including phenoxy) is 1. The van der Waals surface area contributed by atoms with Gasteiger partial charge in [-0.1, -0.05) is 0 Å². The molecule has 0 saturated carbocycles. The number of hydrogen-bond acceptors (Lipinski definition) is 4. The minimum atomic E-state index is -4.59. The zero-order valence-electron chi connectivity index (χ0n) is 9.39. The van der Waals surface area contributed by atoms with Crippen LogP contribution >= 0.6 is 15.0 Å². The third-order valence-corrected chi connectivity index (χ3v) is 5.99. The fourth-order valence-corrected chi connectivity index (χ4v) is 4.51.